The minimum absolute atomic E-state index is 0.100. The van der Waals surface area contributed by atoms with Crippen LogP contribution < -0.4 is 5.73 Å². The first-order valence-electron chi connectivity index (χ1n) is 7.95. The van der Waals surface area contributed by atoms with Gasteiger partial charge in [0.1, 0.15) is 5.41 Å². The van der Waals surface area contributed by atoms with Crippen molar-refractivity contribution >= 4 is 11.7 Å². The number of rotatable bonds is 6. The molecule has 20 heavy (non-hydrogen) atoms. The third kappa shape index (κ3) is 2.91. The molecule has 0 aromatic carbocycles. The van der Waals surface area contributed by atoms with Gasteiger partial charge in [-0.05, 0) is 32.1 Å². The summed E-state index contributed by atoms with van der Waals surface area (Å²) in [5.74, 6) is 0.216. The van der Waals surface area contributed by atoms with Crippen molar-refractivity contribution in [1.29, 1.82) is 0 Å². The largest absolute Gasteiger partial charge is 0.409 e. The predicted molar refractivity (Wildman–Crippen MR) is 78.6 cm³/mol. The number of nitrogens with zero attached hydrogens (tertiary/aromatic N) is 2. The van der Waals surface area contributed by atoms with E-state index in [2.05, 4.69) is 12.1 Å². The number of amidine groups is 1. The Morgan fingerprint density at radius 3 is 2.50 bits per heavy atom. The number of hydrogen-bond donors (Lipinski definition) is 2. The summed E-state index contributed by atoms with van der Waals surface area (Å²) < 4.78 is 0. The molecular weight excluding hydrogens is 254 g/mol. The number of oxime groups is 1. The Morgan fingerprint density at radius 2 is 2.00 bits per heavy atom. The number of unbranched alkanes of at least 4 members (excludes halogenated alkanes) is 1. The lowest BCUT2D eigenvalue weighted by atomic mass is 9.72. The molecule has 0 heterocycles. The van der Waals surface area contributed by atoms with Gasteiger partial charge in [0.15, 0.2) is 5.84 Å². The van der Waals surface area contributed by atoms with Crippen LogP contribution in [0.4, 0.5) is 0 Å². The second-order valence-electron chi connectivity index (χ2n) is 6.21. The van der Waals surface area contributed by atoms with Crippen LogP contribution in [0.25, 0.3) is 0 Å². The Labute approximate surface area is 121 Å². The van der Waals surface area contributed by atoms with Crippen LogP contribution in [-0.2, 0) is 4.79 Å². The molecule has 1 amide bonds. The zero-order valence-electron chi connectivity index (χ0n) is 12.5. The fourth-order valence-corrected chi connectivity index (χ4v) is 3.27. The van der Waals surface area contributed by atoms with Crippen LogP contribution in [0.3, 0.4) is 0 Å². The van der Waals surface area contributed by atoms with E-state index in [0.717, 1.165) is 64.3 Å². The van der Waals surface area contributed by atoms with E-state index in [9.17, 15) is 4.79 Å². The van der Waals surface area contributed by atoms with Gasteiger partial charge in [0, 0.05) is 12.6 Å². The molecule has 0 saturated heterocycles. The van der Waals surface area contributed by atoms with E-state index in [-0.39, 0.29) is 11.7 Å². The van der Waals surface area contributed by atoms with E-state index in [1.807, 2.05) is 4.90 Å². The molecule has 0 aliphatic heterocycles. The topological polar surface area (TPSA) is 78.9 Å². The summed E-state index contributed by atoms with van der Waals surface area (Å²) >= 11 is 0. The lowest BCUT2D eigenvalue weighted by Gasteiger charge is -2.39. The maximum Gasteiger partial charge on any atom is 0.236 e. The molecule has 0 bridgehead atoms. The Bertz CT molecular complexity index is 371. The zero-order chi connectivity index (χ0) is 14.6. The summed E-state index contributed by atoms with van der Waals surface area (Å²) in [7, 11) is 0. The van der Waals surface area contributed by atoms with Gasteiger partial charge in [0.2, 0.25) is 5.91 Å². The monoisotopic (exact) mass is 281 g/mol. The average Bonchev–Trinajstić information content (AvgIpc) is 3.32. The van der Waals surface area contributed by atoms with E-state index >= 15 is 0 Å². The SMILES string of the molecule is CCCCN(C(=O)C1(C(N)=NO)CCCCC1)C1CC1. The fourth-order valence-electron chi connectivity index (χ4n) is 3.27. The van der Waals surface area contributed by atoms with Gasteiger partial charge in [-0.3, -0.25) is 4.79 Å². The number of hydrogen-bond acceptors (Lipinski definition) is 3. The molecule has 0 aromatic heterocycles. The van der Waals surface area contributed by atoms with Gasteiger partial charge >= 0.3 is 0 Å². The van der Waals surface area contributed by atoms with E-state index in [1.165, 1.54) is 0 Å². The van der Waals surface area contributed by atoms with Gasteiger partial charge in [0.25, 0.3) is 0 Å². The minimum atomic E-state index is -0.747. The van der Waals surface area contributed by atoms with Crippen LogP contribution in [0.5, 0.6) is 0 Å². The normalized spacial score (nSPS) is 22.6. The smallest absolute Gasteiger partial charge is 0.236 e. The van der Waals surface area contributed by atoms with Crippen LogP contribution in [0, 0.1) is 5.41 Å². The molecule has 3 N–H and O–H groups in total. The third-order valence-electron chi connectivity index (χ3n) is 4.72. The first kappa shape index (κ1) is 15.1. The molecule has 5 heteroatoms. The zero-order valence-corrected chi connectivity index (χ0v) is 12.5. The minimum Gasteiger partial charge on any atom is -0.409 e. The molecule has 0 aromatic rings. The van der Waals surface area contributed by atoms with Gasteiger partial charge in [0.05, 0.1) is 0 Å². The number of carbonyl (C=O) groups is 1. The number of carbonyl (C=O) groups excluding carboxylic acids is 1. The van der Waals surface area contributed by atoms with Gasteiger partial charge < -0.3 is 15.8 Å². The van der Waals surface area contributed by atoms with E-state index in [0.29, 0.717) is 6.04 Å². The van der Waals surface area contributed by atoms with Crippen LogP contribution in [0.1, 0.15) is 64.7 Å². The van der Waals surface area contributed by atoms with E-state index in [4.69, 9.17) is 10.9 Å². The summed E-state index contributed by atoms with van der Waals surface area (Å²) in [5, 5.41) is 12.3. The lowest BCUT2D eigenvalue weighted by molar-refractivity contribution is -0.140. The van der Waals surface area contributed by atoms with Crippen molar-refractivity contribution in [2.24, 2.45) is 16.3 Å². The lowest BCUT2D eigenvalue weighted by Crippen LogP contribution is -2.53. The van der Waals surface area contributed by atoms with Crippen molar-refractivity contribution in [3.8, 4) is 0 Å². The van der Waals surface area contributed by atoms with Crippen LogP contribution in [0.2, 0.25) is 0 Å². The Morgan fingerprint density at radius 1 is 1.35 bits per heavy atom. The van der Waals surface area contributed by atoms with Crippen LogP contribution >= 0.6 is 0 Å². The molecule has 0 unspecified atom stereocenters. The standard InChI is InChI=1S/C15H27N3O2/c1-2-3-11-18(12-7-8-12)14(19)15(13(16)17-20)9-5-4-6-10-15/h12,20H,2-11H2,1H3,(H2,16,17). The molecule has 0 atom stereocenters. The van der Waals surface area contributed by atoms with Crippen molar-refractivity contribution in [1.82, 2.24) is 4.90 Å². The van der Waals surface area contributed by atoms with Gasteiger partial charge in [-0.2, -0.15) is 0 Å². The number of amides is 1. The molecule has 2 saturated carbocycles. The van der Waals surface area contributed by atoms with Gasteiger partial charge in [-0.1, -0.05) is 37.8 Å². The van der Waals surface area contributed by atoms with Crippen molar-refractivity contribution < 1.29 is 10.0 Å². The quantitative estimate of drug-likeness (QED) is 0.340. The second-order valence-corrected chi connectivity index (χ2v) is 6.21. The molecule has 0 radical (unpaired) electrons. The van der Waals surface area contributed by atoms with Crippen molar-refractivity contribution in [3.63, 3.8) is 0 Å². The predicted octanol–water partition coefficient (Wildman–Crippen LogP) is 2.47. The van der Waals surface area contributed by atoms with Gasteiger partial charge in [-0.25, -0.2) is 0 Å². The molecule has 114 valence electrons. The Kier molecular flexibility index (Phi) is 4.89. The summed E-state index contributed by atoms with van der Waals surface area (Å²) in [6.45, 7) is 2.94. The Hall–Kier alpha value is -1.26. The molecule has 0 spiro atoms. The maximum absolute atomic E-state index is 13.1. The third-order valence-corrected chi connectivity index (χ3v) is 4.72. The highest BCUT2D eigenvalue weighted by Crippen LogP contribution is 2.41. The van der Waals surface area contributed by atoms with Crippen molar-refractivity contribution in [3.05, 3.63) is 0 Å². The molecule has 2 rings (SSSR count). The fraction of sp³-hybridized carbons (Fsp3) is 0.867. The highest BCUT2D eigenvalue weighted by Gasteiger charge is 2.48. The molecule has 2 aliphatic rings. The highest BCUT2D eigenvalue weighted by atomic mass is 16.4. The second kappa shape index (κ2) is 6.46. The maximum atomic E-state index is 13.1. The summed E-state index contributed by atoms with van der Waals surface area (Å²) in [4.78, 5) is 15.1. The first-order chi connectivity index (χ1) is 9.65. The molecule has 2 fully saturated rings. The average molecular weight is 281 g/mol. The van der Waals surface area contributed by atoms with Crippen molar-refractivity contribution in [2.75, 3.05) is 6.54 Å². The molecular formula is C15H27N3O2. The first-order valence-corrected chi connectivity index (χ1v) is 7.95. The summed E-state index contributed by atoms with van der Waals surface area (Å²) in [6.07, 6.45) is 8.83. The molecule has 5 nitrogen and oxygen atoms in total. The van der Waals surface area contributed by atoms with Gasteiger partial charge in [-0.15, -0.1) is 0 Å². The number of nitrogens with two attached hydrogens (primary N) is 1. The summed E-state index contributed by atoms with van der Waals surface area (Å²) in [5.41, 5.74) is 5.18. The van der Waals surface area contributed by atoms with Crippen LogP contribution in [-0.4, -0.2) is 34.4 Å². The highest BCUT2D eigenvalue weighted by molar-refractivity contribution is 6.07. The van der Waals surface area contributed by atoms with E-state index in [1.54, 1.807) is 0 Å². The van der Waals surface area contributed by atoms with E-state index < -0.39 is 5.41 Å². The Balaban J connectivity index is 2.19. The molecule has 2 aliphatic carbocycles. The van der Waals surface area contributed by atoms with Crippen molar-refractivity contribution in [2.45, 2.75) is 70.8 Å². The summed E-state index contributed by atoms with van der Waals surface area (Å²) in [6, 6.07) is 0.388. The van der Waals surface area contributed by atoms with Crippen LogP contribution in [0.15, 0.2) is 5.16 Å².